The summed E-state index contributed by atoms with van der Waals surface area (Å²) >= 11 is 0. The standard InChI is InChI=1S/C9H18N2/c1-10-8-4-6-3-7(8)9(5-6)11-2/h6-11H,3-5H2,1-2H3. The fourth-order valence-corrected chi connectivity index (χ4v) is 3.01. The third-order valence-corrected chi connectivity index (χ3v) is 3.56. The summed E-state index contributed by atoms with van der Waals surface area (Å²) in [5.41, 5.74) is 0. The van der Waals surface area contributed by atoms with Crippen LogP contribution in [0.2, 0.25) is 0 Å². The van der Waals surface area contributed by atoms with E-state index in [0.29, 0.717) is 0 Å². The molecule has 2 nitrogen and oxygen atoms in total. The third-order valence-electron chi connectivity index (χ3n) is 3.56. The zero-order chi connectivity index (χ0) is 7.84. The minimum Gasteiger partial charge on any atom is -0.317 e. The van der Waals surface area contributed by atoms with Gasteiger partial charge in [0.2, 0.25) is 0 Å². The van der Waals surface area contributed by atoms with Crippen LogP contribution in [-0.2, 0) is 0 Å². The molecule has 2 fully saturated rings. The quantitative estimate of drug-likeness (QED) is 0.608. The SMILES string of the molecule is CNC1CC2CC(NC)C1C2. The number of fused-ring (bicyclic) bond motifs is 2. The van der Waals surface area contributed by atoms with Gasteiger partial charge in [0, 0.05) is 12.1 Å². The molecule has 0 aromatic carbocycles. The van der Waals surface area contributed by atoms with E-state index in [9.17, 15) is 0 Å². The maximum absolute atomic E-state index is 3.42. The molecule has 2 aliphatic rings. The fraction of sp³-hybridized carbons (Fsp3) is 1.00. The highest BCUT2D eigenvalue weighted by Gasteiger charge is 2.44. The highest BCUT2D eigenvalue weighted by Crippen LogP contribution is 2.44. The second kappa shape index (κ2) is 2.76. The van der Waals surface area contributed by atoms with Gasteiger partial charge in [-0.25, -0.2) is 0 Å². The summed E-state index contributed by atoms with van der Waals surface area (Å²) in [5.74, 6) is 1.92. The van der Waals surface area contributed by atoms with E-state index in [1.807, 2.05) is 0 Å². The summed E-state index contributed by atoms with van der Waals surface area (Å²) < 4.78 is 0. The molecule has 0 aromatic rings. The van der Waals surface area contributed by atoms with E-state index in [1.165, 1.54) is 19.3 Å². The van der Waals surface area contributed by atoms with Gasteiger partial charge < -0.3 is 10.6 Å². The molecular weight excluding hydrogens is 136 g/mol. The smallest absolute Gasteiger partial charge is 0.0110 e. The van der Waals surface area contributed by atoms with Crippen LogP contribution in [0.3, 0.4) is 0 Å². The summed E-state index contributed by atoms with van der Waals surface area (Å²) in [6.07, 6.45) is 4.29. The van der Waals surface area contributed by atoms with Gasteiger partial charge in [-0.05, 0) is 45.2 Å². The lowest BCUT2D eigenvalue weighted by Gasteiger charge is -2.28. The minimum absolute atomic E-state index is 0.797. The Hall–Kier alpha value is -0.0800. The van der Waals surface area contributed by atoms with E-state index in [4.69, 9.17) is 0 Å². The first-order valence-corrected chi connectivity index (χ1v) is 4.69. The van der Waals surface area contributed by atoms with Crippen LogP contribution in [0.1, 0.15) is 19.3 Å². The van der Waals surface area contributed by atoms with Gasteiger partial charge in [-0.3, -0.25) is 0 Å². The van der Waals surface area contributed by atoms with E-state index < -0.39 is 0 Å². The first-order chi connectivity index (χ1) is 5.35. The van der Waals surface area contributed by atoms with Gasteiger partial charge in [0.1, 0.15) is 0 Å². The van der Waals surface area contributed by atoms with Gasteiger partial charge in [0.25, 0.3) is 0 Å². The molecule has 2 N–H and O–H groups in total. The van der Waals surface area contributed by atoms with Crippen molar-refractivity contribution >= 4 is 0 Å². The van der Waals surface area contributed by atoms with Crippen molar-refractivity contribution in [2.24, 2.45) is 11.8 Å². The first-order valence-electron chi connectivity index (χ1n) is 4.69. The lowest BCUT2D eigenvalue weighted by atomic mass is 9.91. The van der Waals surface area contributed by atoms with Gasteiger partial charge in [-0.1, -0.05) is 0 Å². The van der Waals surface area contributed by atoms with Gasteiger partial charge in [0.05, 0.1) is 0 Å². The Morgan fingerprint density at radius 1 is 0.909 bits per heavy atom. The summed E-state index contributed by atoms with van der Waals surface area (Å²) in [6, 6.07) is 1.59. The number of nitrogens with one attached hydrogen (secondary N) is 2. The molecule has 2 rings (SSSR count). The van der Waals surface area contributed by atoms with Crippen LogP contribution in [0, 0.1) is 11.8 Å². The van der Waals surface area contributed by atoms with Crippen molar-refractivity contribution < 1.29 is 0 Å². The topological polar surface area (TPSA) is 24.1 Å². The van der Waals surface area contributed by atoms with Crippen molar-refractivity contribution in [1.29, 1.82) is 0 Å². The van der Waals surface area contributed by atoms with Crippen LogP contribution in [0.25, 0.3) is 0 Å². The summed E-state index contributed by atoms with van der Waals surface area (Å²) in [7, 11) is 4.19. The van der Waals surface area contributed by atoms with E-state index in [0.717, 1.165) is 23.9 Å². The van der Waals surface area contributed by atoms with Crippen molar-refractivity contribution in [3.05, 3.63) is 0 Å². The molecule has 0 spiro atoms. The average Bonchev–Trinajstić information content (AvgIpc) is 2.60. The fourth-order valence-electron chi connectivity index (χ4n) is 3.01. The van der Waals surface area contributed by atoms with E-state index in [1.54, 1.807) is 0 Å². The largest absolute Gasteiger partial charge is 0.317 e. The Morgan fingerprint density at radius 3 is 1.82 bits per heavy atom. The Kier molecular flexibility index (Phi) is 1.90. The zero-order valence-corrected chi connectivity index (χ0v) is 7.43. The van der Waals surface area contributed by atoms with Crippen LogP contribution in [0.5, 0.6) is 0 Å². The lowest BCUT2D eigenvalue weighted by molar-refractivity contribution is 0.301. The Labute approximate surface area is 68.7 Å². The van der Waals surface area contributed by atoms with Gasteiger partial charge >= 0.3 is 0 Å². The van der Waals surface area contributed by atoms with Crippen LogP contribution in [-0.4, -0.2) is 26.2 Å². The number of hydrogen-bond acceptors (Lipinski definition) is 2. The summed E-state index contributed by atoms with van der Waals surface area (Å²) in [5, 5.41) is 6.84. The van der Waals surface area contributed by atoms with Crippen LogP contribution in [0.15, 0.2) is 0 Å². The summed E-state index contributed by atoms with van der Waals surface area (Å²) in [4.78, 5) is 0. The Bertz CT molecular complexity index is 132. The normalized spacial score (nSPS) is 48.5. The van der Waals surface area contributed by atoms with Gasteiger partial charge in [-0.2, -0.15) is 0 Å². The molecular formula is C9H18N2. The van der Waals surface area contributed by atoms with Crippen molar-refractivity contribution in [1.82, 2.24) is 10.6 Å². The minimum atomic E-state index is 0.797. The Morgan fingerprint density at radius 2 is 1.45 bits per heavy atom. The molecule has 0 aliphatic heterocycles. The average molecular weight is 154 g/mol. The van der Waals surface area contributed by atoms with Gasteiger partial charge in [0.15, 0.2) is 0 Å². The van der Waals surface area contributed by atoms with E-state index in [-0.39, 0.29) is 0 Å². The zero-order valence-electron chi connectivity index (χ0n) is 7.43. The molecule has 0 aromatic heterocycles. The van der Waals surface area contributed by atoms with Crippen molar-refractivity contribution in [2.75, 3.05) is 14.1 Å². The second-order valence-electron chi connectivity index (χ2n) is 4.03. The molecule has 11 heavy (non-hydrogen) atoms. The maximum Gasteiger partial charge on any atom is 0.0110 e. The molecule has 2 heteroatoms. The van der Waals surface area contributed by atoms with Gasteiger partial charge in [-0.15, -0.1) is 0 Å². The molecule has 2 aliphatic carbocycles. The molecule has 0 saturated heterocycles. The molecule has 2 atom stereocenters. The predicted octanol–water partition coefficient (Wildman–Crippen LogP) is 0.592. The molecule has 2 unspecified atom stereocenters. The molecule has 0 heterocycles. The van der Waals surface area contributed by atoms with Crippen LogP contribution < -0.4 is 10.6 Å². The lowest BCUT2D eigenvalue weighted by Crippen LogP contribution is -2.43. The molecule has 64 valence electrons. The van der Waals surface area contributed by atoms with Crippen LogP contribution in [0.4, 0.5) is 0 Å². The van der Waals surface area contributed by atoms with Crippen molar-refractivity contribution in [3.63, 3.8) is 0 Å². The highest BCUT2D eigenvalue weighted by atomic mass is 15.0. The second-order valence-corrected chi connectivity index (χ2v) is 4.03. The van der Waals surface area contributed by atoms with Crippen molar-refractivity contribution in [2.45, 2.75) is 31.3 Å². The third kappa shape index (κ3) is 1.09. The summed E-state index contributed by atoms with van der Waals surface area (Å²) in [6.45, 7) is 0. The Balaban J connectivity index is 2.02. The predicted molar refractivity (Wildman–Crippen MR) is 46.5 cm³/mol. The highest BCUT2D eigenvalue weighted by molar-refractivity contribution is 5.01. The molecule has 2 saturated carbocycles. The number of hydrogen-bond donors (Lipinski definition) is 2. The molecule has 0 radical (unpaired) electrons. The molecule has 2 bridgehead atoms. The molecule has 0 amide bonds. The maximum atomic E-state index is 3.42. The van der Waals surface area contributed by atoms with Crippen LogP contribution >= 0.6 is 0 Å². The van der Waals surface area contributed by atoms with E-state index >= 15 is 0 Å². The first kappa shape index (κ1) is 7.56. The number of rotatable bonds is 2. The van der Waals surface area contributed by atoms with Crippen molar-refractivity contribution in [3.8, 4) is 0 Å². The van der Waals surface area contributed by atoms with E-state index in [2.05, 4.69) is 24.7 Å². The monoisotopic (exact) mass is 154 g/mol.